The molecule has 1 unspecified atom stereocenters. The number of para-hydroxylation sites is 1. The largest absolute Gasteiger partial charge is 0.496 e. The molecule has 126 valence electrons. The first-order chi connectivity index (χ1) is 11.2. The zero-order chi connectivity index (χ0) is 16.1. The summed E-state index contributed by atoms with van der Waals surface area (Å²) in [7, 11) is 1.66. The minimum Gasteiger partial charge on any atom is -0.496 e. The fraction of sp³-hybridized carbons (Fsp3) is 0.611. The quantitative estimate of drug-likeness (QED) is 0.862. The van der Waals surface area contributed by atoms with Crippen LogP contribution in [0, 0.1) is 5.41 Å². The van der Waals surface area contributed by atoms with Gasteiger partial charge in [-0.2, -0.15) is 0 Å². The number of ether oxygens (including phenoxy) is 1. The Balaban J connectivity index is 1.49. The summed E-state index contributed by atoms with van der Waals surface area (Å²) in [6.07, 6.45) is 3.73. The van der Waals surface area contributed by atoms with E-state index in [2.05, 4.69) is 15.5 Å². The summed E-state index contributed by atoms with van der Waals surface area (Å²) in [5.74, 6) is 0.917. The maximum absolute atomic E-state index is 12.3. The number of rotatable bonds is 5. The third-order valence-electron chi connectivity index (χ3n) is 5.11. The number of nitrogens with zero attached hydrogens (tertiary/aromatic N) is 1. The lowest BCUT2D eigenvalue weighted by Gasteiger charge is -2.39. The number of carbonyl (C=O) groups excluding carboxylic acids is 1. The van der Waals surface area contributed by atoms with Crippen molar-refractivity contribution in [1.29, 1.82) is 0 Å². The number of amides is 1. The van der Waals surface area contributed by atoms with Gasteiger partial charge in [-0.15, -0.1) is 0 Å². The minimum absolute atomic E-state index is 0.0962. The summed E-state index contributed by atoms with van der Waals surface area (Å²) in [6.45, 7) is 5.31. The van der Waals surface area contributed by atoms with Crippen LogP contribution in [0.3, 0.4) is 0 Å². The van der Waals surface area contributed by atoms with Crippen LogP contribution >= 0.6 is 0 Å². The molecule has 2 aliphatic rings. The molecule has 1 amide bonds. The van der Waals surface area contributed by atoms with Gasteiger partial charge >= 0.3 is 0 Å². The van der Waals surface area contributed by atoms with Crippen molar-refractivity contribution in [3.05, 3.63) is 29.8 Å². The summed E-state index contributed by atoms with van der Waals surface area (Å²) in [6, 6.07) is 7.81. The number of carbonyl (C=O) groups is 1. The van der Waals surface area contributed by atoms with E-state index in [0.29, 0.717) is 18.5 Å². The number of likely N-dealkylation sites (tertiary alicyclic amines) is 1. The van der Waals surface area contributed by atoms with Crippen molar-refractivity contribution in [2.75, 3.05) is 39.8 Å². The predicted octanol–water partition coefficient (Wildman–Crippen LogP) is 1.39. The molecular weight excluding hydrogens is 290 g/mol. The lowest BCUT2D eigenvalue weighted by molar-refractivity contribution is -0.123. The van der Waals surface area contributed by atoms with Crippen LogP contribution < -0.4 is 15.4 Å². The molecule has 0 aromatic heterocycles. The Morgan fingerprint density at radius 1 is 1.39 bits per heavy atom. The zero-order valence-electron chi connectivity index (χ0n) is 13.9. The third-order valence-corrected chi connectivity index (χ3v) is 5.11. The van der Waals surface area contributed by atoms with Crippen LogP contribution in [0.1, 0.15) is 24.8 Å². The molecule has 2 aliphatic heterocycles. The van der Waals surface area contributed by atoms with Crippen molar-refractivity contribution in [3.8, 4) is 5.75 Å². The van der Waals surface area contributed by atoms with Crippen LogP contribution in [0.4, 0.5) is 0 Å². The van der Waals surface area contributed by atoms with E-state index in [0.717, 1.165) is 37.5 Å². The minimum atomic E-state index is 0.0962. The van der Waals surface area contributed by atoms with Crippen LogP contribution in [-0.4, -0.2) is 50.6 Å². The molecule has 1 aromatic carbocycles. The number of methoxy groups -OCH3 is 1. The topological polar surface area (TPSA) is 53.6 Å². The molecule has 1 spiro atoms. The fourth-order valence-corrected chi connectivity index (χ4v) is 3.89. The molecule has 2 N–H and O–H groups in total. The van der Waals surface area contributed by atoms with Crippen molar-refractivity contribution in [1.82, 2.24) is 15.5 Å². The highest BCUT2D eigenvalue weighted by Gasteiger charge is 2.38. The smallest absolute Gasteiger partial charge is 0.234 e. The van der Waals surface area contributed by atoms with Gasteiger partial charge < -0.3 is 15.4 Å². The second-order valence-corrected chi connectivity index (χ2v) is 6.83. The van der Waals surface area contributed by atoms with Gasteiger partial charge in [0.25, 0.3) is 0 Å². The summed E-state index contributed by atoms with van der Waals surface area (Å²) < 4.78 is 5.32. The van der Waals surface area contributed by atoms with Gasteiger partial charge in [0.05, 0.1) is 13.7 Å². The Labute approximate surface area is 138 Å². The number of hydrogen-bond acceptors (Lipinski definition) is 4. The van der Waals surface area contributed by atoms with E-state index in [1.807, 2.05) is 24.3 Å². The van der Waals surface area contributed by atoms with Crippen LogP contribution in [0.25, 0.3) is 0 Å². The number of hydrogen-bond donors (Lipinski definition) is 2. The SMILES string of the molecule is COc1ccccc1CNC(=O)CN1CCCC2(CCNC2)C1. The van der Waals surface area contributed by atoms with Gasteiger partial charge in [0.2, 0.25) is 5.91 Å². The van der Waals surface area contributed by atoms with Crippen molar-refractivity contribution >= 4 is 5.91 Å². The van der Waals surface area contributed by atoms with E-state index in [4.69, 9.17) is 4.74 Å². The van der Waals surface area contributed by atoms with E-state index in [1.165, 1.54) is 19.3 Å². The van der Waals surface area contributed by atoms with Gasteiger partial charge in [0, 0.05) is 25.2 Å². The van der Waals surface area contributed by atoms with E-state index in [-0.39, 0.29) is 5.91 Å². The summed E-state index contributed by atoms with van der Waals surface area (Å²) in [5, 5.41) is 6.50. The first-order valence-corrected chi connectivity index (χ1v) is 8.52. The molecule has 5 heteroatoms. The molecule has 0 aliphatic carbocycles. The summed E-state index contributed by atoms with van der Waals surface area (Å²) in [4.78, 5) is 14.6. The van der Waals surface area contributed by atoms with Crippen LogP contribution in [-0.2, 0) is 11.3 Å². The Hall–Kier alpha value is -1.59. The maximum atomic E-state index is 12.3. The van der Waals surface area contributed by atoms with E-state index in [1.54, 1.807) is 7.11 Å². The first-order valence-electron chi connectivity index (χ1n) is 8.52. The van der Waals surface area contributed by atoms with E-state index < -0.39 is 0 Å². The molecule has 3 rings (SSSR count). The summed E-state index contributed by atoms with van der Waals surface area (Å²) in [5.41, 5.74) is 1.42. The molecule has 2 fully saturated rings. The predicted molar refractivity (Wildman–Crippen MR) is 90.4 cm³/mol. The second-order valence-electron chi connectivity index (χ2n) is 6.83. The Morgan fingerprint density at radius 3 is 3.04 bits per heavy atom. The zero-order valence-corrected chi connectivity index (χ0v) is 13.9. The van der Waals surface area contributed by atoms with Gasteiger partial charge in [-0.25, -0.2) is 0 Å². The molecule has 0 radical (unpaired) electrons. The molecule has 1 aromatic rings. The molecule has 0 bridgehead atoms. The number of piperidine rings is 1. The normalized spacial score (nSPS) is 24.7. The average Bonchev–Trinajstić information content (AvgIpc) is 3.01. The van der Waals surface area contributed by atoms with Crippen molar-refractivity contribution in [2.24, 2.45) is 5.41 Å². The molecular formula is C18H27N3O2. The monoisotopic (exact) mass is 317 g/mol. The fourth-order valence-electron chi connectivity index (χ4n) is 3.89. The second kappa shape index (κ2) is 7.32. The maximum Gasteiger partial charge on any atom is 0.234 e. The van der Waals surface area contributed by atoms with E-state index >= 15 is 0 Å². The number of nitrogens with one attached hydrogen (secondary N) is 2. The van der Waals surface area contributed by atoms with Crippen molar-refractivity contribution in [3.63, 3.8) is 0 Å². The lowest BCUT2D eigenvalue weighted by atomic mass is 9.79. The average molecular weight is 317 g/mol. The Morgan fingerprint density at radius 2 is 2.26 bits per heavy atom. The standard InChI is InChI=1S/C18H27N3O2/c1-23-16-6-3-2-5-15(16)11-20-17(22)12-21-10-4-7-18(14-21)8-9-19-13-18/h2-3,5-6,19H,4,7-14H2,1H3,(H,20,22). The highest BCUT2D eigenvalue weighted by Crippen LogP contribution is 2.35. The highest BCUT2D eigenvalue weighted by molar-refractivity contribution is 5.78. The Kier molecular flexibility index (Phi) is 5.18. The van der Waals surface area contributed by atoms with Gasteiger partial charge in [0.1, 0.15) is 5.75 Å². The summed E-state index contributed by atoms with van der Waals surface area (Å²) >= 11 is 0. The van der Waals surface area contributed by atoms with Gasteiger partial charge in [0.15, 0.2) is 0 Å². The molecule has 0 saturated carbocycles. The van der Waals surface area contributed by atoms with Crippen LogP contribution in [0.5, 0.6) is 5.75 Å². The molecule has 2 saturated heterocycles. The van der Waals surface area contributed by atoms with E-state index in [9.17, 15) is 4.79 Å². The van der Waals surface area contributed by atoms with Gasteiger partial charge in [-0.1, -0.05) is 18.2 Å². The highest BCUT2D eigenvalue weighted by atomic mass is 16.5. The number of benzene rings is 1. The Bertz CT molecular complexity index is 541. The van der Waals surface area contributed by atoms with Gasteiger partial charge in [-0.3, -0.25) is 9.69 Å². The van der Waals surface area contributed by atoms with Crippen LogP contribution in [0.15, 0.2) is 24.3 Å². The molecule has 23 heavy (non-hydrogen) atoms. The molecule has 1 atom stereocenters. The van der Waals surface area contributed by atoms with Crippen molar-refractivity contribution < 1.29 is 9.53 Å². The van der Waals surface area contributed by atoms with Crippen LogP contribution in [0.2, 0.25) is 0 Å². The van der Waals surface area contributed by atoms with Crippen molar-refractivity contribution in [2.45, 2.75) is 25.8 Å². The van der Waals surface area contributed by atoms with Gasteiger partial charge in [-0.05, 0) is 43.8 Å². The third kappa shape index (κ3) is 4.03. The first kappa shape index (κ1) is 16.3. The molecule has 5 nitrogen and oxygen atoms in total. The molecule has 2 heterocycles. The lowest BCUT2D eigenvalue weighted by Crippen LogP contribution is -2.48.